The molecule has 6 nitrogen and oxygen atoms in total. The third-order valence-electron chi connectivity index (χ3n) is 3.67. The Kier molecular flexibility index (Phi) is 5.76. The van der Waals surface area contributed by atoms with Crippen molar-refractivity contribution in [2.75, 3.05) is 23.3 Å². The number of hydrogen-bond acceptors (Lipinski definition) is 4. The number of nitrogens with one attached hydrogen (secondary N) is 1. The van der Waals surface area contributed by atoms with Crippen LogP contribution in [0.2, 0.25) is 5.02 Å². The van der Waals surface area contributed by atoms with E-state index in [0.717, 1.165) is 18.8 Å². The van der Waals surface area contributed by atoms with Crippen LogP contribution in [0.25, 0.3) is 0 Å². The fraction of sp³-hybridized carbons (Fsp3) is 0.235. The van der Waals surface area contributed by atoms with Gasteiger partial charge in [0.05, 0.1) is 15.6 Å². The lowest BCUT2D eigenvalue weighted by Gasteiger charge is -2.21. The normalized spacial score (nSPS) is 10.3. The molecule has 126 valence electrons. The number of hydrogen-bond donors (Lipinski definition) is 1. The maximum atomic E-state index is 12.3. The van der Waals surface area contributed by atoms with Crippen molar-refractivity contribution in [2.45, 2.75) is 13.8 Å². The van der Waals surface area contributed by atoms with E-state index in [-0.39, 0.29) is 22.3 Å². The molecule has 0 fully saturated rings. The van der Waals surface area contributed by atoms with Crippen molar-refractivity contribution in [2.24, 2.45) is 0 Å². The third-order valence-corrected chi connectivity index (χ3v) is 4.00. The number of non-ortho nitro benzene ring substituents is 1. The molecule has 2 aromatic carbocycles. The highest BCUT2D eigenvalue weighted by Gasteiger charge is 2.13. The largest absolute Gasteiger partial charge is 0.372 e. The van der Waals surface area contributed by atoms with Crippen molar-refractivity contribution in [3.63, 3.8) is 0 Å². The van der Waals surface area contributed by atoms with Gasteiger partial charge in [-0.15, -0.1) is 0 Å². The van der Waals surface area contributed by atoms with Gasteiger partial charge in [0, 0.05) is 36.5 Å². The lowest BCUT2D eigenvalue weighted by atomic mass is 10.1. The number of halogens is 1. The van der Waals surface area contributed by atoms with Crippen LogP contribution in [0.4, 0.5) is 17.1 Å². The molecular weight excluding hydrogens is 330 g/mol. The van der Waals surface area contributed by atoms with Crippen LogP contribution >= 0.6 is 11.6 Å². The van der Waals surface area contributed by atoms with Crippen molar-refractivity contribution >= 4 is 34.6 Å². The molecule has 0 aliphatic heterocycles. The molecule has 0 aliphatic carbocycles. The molecule has 24 heavy (non-hydrogen) atoms. The second kappa shape index (κ2) is 7.79. The Morgan fingerprint density at radius 1 is 1.17 bits per heavy atom. The molecule has 0 unspecified atom stereocenters. The van der Waals surface area contributed by atoms with Gasteiger partial charge in [0.2, 0.25) is 0 Å². The first kappa shape index (κ1) is 17.7. The van der Waals surface area contributed by atoms with E-state index in [0.29, 0.717) is 5.56 Å². The second-order valence-corrected chi connectivity index (χ2v) is 5.50. The molecule has 0 saturated carbocycles. The van der Waals surface area contributed by atoms with Crippen LogP contribution in [-0.2, 0) is 0 Å². The fourth-order valence-corrected chi connectivity index (χ4v) is 2.49. The summed E-state index contributed by atoms with van der Waals surface area (Å²) in [6.45, 7) is 5.89. The van der Waals surface area contributed by atoms with E-state index in [2.05, 4.69) is 24.1 Å². The van der Waals surface area contributed by atoms with E-state index in [9.17, 15) is 14.9 Å². The minimum Gasteiger partial charge on any atom is -0.372 e. The van der Waals surface area contributed by atoms with Gasteiger partial charge in [-0.1, -0.05) is 11.6 Å². The highest BCUT2D eigenvalue weighted by atomic mass is 35.5. The number of benzene rings is 2. The van der Waals surface area contributed by atoms with E-state index in [4.69, 9.17) is 11.6 Å². The zero-order chi connectivity index (χ0) is 17.7. The van der Waals surface area contributed by atoms with Crippen molar-refractivity contribution < 1.29 is 9.72 Å². The molecule has 0 aromatic heterocycles. The molecule has 0 heterocycles. The summed E-state index contributed by atoms with van der Waals surface area (Å²) in [4.78, 5) is 24.8. The SMILES string of the molecule is CCN(CC)c1ccc(C(=O)Nc2cc([N+](=O)[O-])ccc2Cl)cc1. The molecule has 2 aromatic rings. The Hall–Kier alpha value is -2.60. The molecule has 0 bridgehead atoms. The Morgan fingerprint density at radius 3 is 2.33 bits per heavy atom. The molecule has 0 spiro atoms. The highest BCUT2D eigenvalue weighted by Crippen LogP contribution is 2.27. The van der Waals surface area contributed by atoms with Crippen molar-refractivity contribution in [1.29, 1.82) is 0 Å². The molecule has 0 aliphatic rings. The third kappa shape index (κ3) is 4.02. The average Bonchev–Trinajstić information content (AvgIpc) is 2.58. The van der Waals surface area contributed by atoms with Gasteiger partial charge in [0.15, 0.2) is 0 Å². The van der Waals surface area contributed by atoms with Crippen molar-refractivity contribution in [3.8, 4) is 0 Å². The maximum Gasteiger partial charge on any atom is 0.271 e. The number of carbonyl (C=O) groups is 1. The van der Waals surface area contributed by atoms with Crippen LogP contribution in [0.15, 0.2) is 42.5 Å². The highest BCUT2D eigenvalue weighted by molar-refractivity contribution is 6.34. The first-order chi connectivity index (χ1) is 11.5. The molecule has 0 atom stereocenters. The van der Waals surface area contributed by atoms with Gasteiger partial charge in [0.1, 0.15) is 0 Å². The number of carbonyl (C=O) groups excluding carboxylic acids is 1. The van der Waals surface area contributed by atoms with Crippen LogP contribution < -0.4 is 10.2 Å². The summed E-state index contributed by atoms with van der Waals surface area (Å²) in [7, 11) is 0. The van der Waals surface area contributed by atoms with Gasteiger partial charge in [-0.25, -0.2) is 0 Å². The molecule has 7 heteroatoms. The molecule has 1 N–H and O–H groups in total. The van der Waals surface area contributed by atoms with Crippen LogP contribution in [-0.4, -0.2) is 23.9 Å². The van der Waals surface area contributed by atoms with Gasteiger partial charge < -0.3 is 10.2 Å². The maximum absolute atomic E-state index is 12.3. The van der Waals surface area contributed by atoms with Gasteiger partial charge in [-0.3, -0.25) is 14.9 Å². The quantitative estimate of drug-likeness (QED) is 0.622. The van der Waals surface area contributed by atoms with Crippen molar-refractivity contribution in [3.05, 3.63) is 63.2 Å². The first-order valence-electron chi connectivity index (χ1n) is 7.56. The van der Waals surface area contributed by atoms with Gasteiger partial charge in [0.25, 0.3) is 11.6 Å². The summed E-state index contributed by atoms with van der Waals surface area (Å²) in [5, 5.41) is 13.7. The molecule has 1 amide bonds. The Balaban J connectivity index is 2.18. The Bertz CT molecular complexity index is 743. The van der Waals surface area contributed by atoms with E-state index < -0.39 is 4.92 Å². The van der Waals surface area contributed by atoms with E-state index in [1.54, 1.807) is 12.1 Å². The standard InChI is InChI=1S/C17H18ClN3O3/c1-3-20(4-2)13-7-5-12(6-8-13)17(22)19-16-11-14(21(23)24)9-10-15(16)18/h5-11H,3-4H2,1-2H3,(H,19,22). The minimum atomic E-state index is -0.537. The van der Waals surface area contributed by atoms with E-state index in [1.165, 1.54) is 18.2 Å². The molecule has 0 saturated heterocycles. The summed E-state index contributed by atoms with van der Waals surface area (Å²) in [6.07, 6.45) is 0. The minimum absolute atomic E-state index is 0.133. The number of amides is 1. The number of nitro benzene ring substituents is 1. The monoisotopic (exact) mass is 347 g/mol. The zero-order valence-corrected chi connectivity index (χ0v) is 14.2. The van der Waals surface area contributed by atoms with E-state index in [1.807, 2.05) is 12.1 Å². The smallest absolute Gasteiger partial charge is 0.271 e. The van der Waals surface area contributed by atoms with Crippen LogP contribution in [0.1, 0.15) is 24.2 Å². The van der Waals surface area contributed by atoms with Crippen LogP contribution in [0.3, 0.4) is 0 Å². The molecular formula is C17H18ClN3O3. The Labute approximate surface area is 145 Å². The first-order valence-corrected chi connectivity index (χ1v) is 7.94. The van der Waals surface area contributed by atoms with Gasteiger partial charge in [-0.2, -0.15) is 0 Å². The fourth-order valence-electron chi connectivity index (χ4n) is 2.33. The predicted molar refractivity (Wildman–Crippen MR) is 96.1 cm³/mol. The Morgan fingerprint density at radius 2 is 1.79 bits per heavy atom. The zero-order valence-electron chi connectivity index (χ0n) is 13.5. The van der Waals surface area contributed by atoms with Crippen molar-refractivity contribution in [1.82, 2.24) is 0 Å². The number of nitro groups is 1. The lowest BCUT2D eigenvalue weighted by Crippen LogP contribution is -2.21. The summed E-state index contributed by atoms with van der Waals surface area (Å²) >= 11 is 5.99. The van der Waals surface area contributed by atoms with Gasteiger partial charge >= 0.3 is 0 Å². The average molecular weight is 348 g/mol. The topological polar surface area (TPSA) is 75.5 Å². The summed E-state index contributed by atoms with van der Waals surface area (Å²) < 4.78 is 0. The van der Waals surface area contributed by atoms with E-state index >= 15 is 0 Å². The predicted octanol–water partition coefficient (Wildman–Crippen LogP) is 4.35. The number of anilines is 2. The van der Waals surface area contributed by atoms with Crippen LogP contribution in [0.5, 0.6) is 0 Å². The summed E-state index contributed by atoms with van der Waals surface area (Å²) in [5.74, 6) is -0.372. The summed E-state index contributed by atoms with van der Waals surface area (Å²) in [6, 6.07) is 11.1. The molecule has 0 radical (unpaired) electrons. The number of rotatable bonds is 6. The lowest BCUT2D eigenvalue weighted by molar-refractivity contribution is -0.384. The van der Waals surface area contributed by atoms with Gasteiger partial charge in [-0.05, 0) is 44.2 Å². The summed E-state index contributed by atoms with van der Waals surface area (Å²) in [5.41, 5.74) is 1.56. The second-order valence-electron chi connectivity index (χ2n) is 5.09. The molecule has 2 rings (SSSR count). The number of nitrogens with zero attached hydrogens (tertiary/aromatic N) is 2. The van der Waals surface area contributed by atoms with Crippen LogP contribution in [0, 0.1) is 10.1 Å².